The first-order chi connectivity index (χ1) is 9.83. The first kappa shape index (κ1) is 10.6. The van der Waals surface area contributed by atoms with Crippen LogP contribution in [0.5, 0.6) is 0 Å². The third-order valence-electron chi connectivity index (χ3n) is 4.32. The Morgan fingerprint density at radius 3 is 2.55 bits per heavy atom. The number of benzene rings is 4. The second-order valence-corrected chi connectivity index (χ2v) is 6.55. The van der Waals surface area contributed by atoms with Crippen molar-refractivity contribution in [2.24, 2.45) is 0 Å². The first-order valence-electron chi connectivity index (χ1n) is 6.88. The fourth-order valence-electron chi connectivity index (χ4n) is 3.42. The molecule has 0 spiro atoms. The van der Waals surface area contributed by atoms with Gasteiger partial charge in [0.2, 0.25) is 0 Å². The molecule has 20 heavy (non-hydrogen) atoms. The first-order valence-corrected chi connectivity index (χ1v) is 7.70. The predicted octanol–water partition coefficient (Wildman–Crippen LogP) is 6.11. The van der Waals surface area contributed by atoms with Crippen LogP contribution in [-0.2, 0) is 0 Å². The van der Waals surface area contributed by atoms with Gasteiger partial charge in [0.05, 0.1) is 0 Å². The van der Waals surface area contributed by atoms with Gasteiger partial charge in [-0.15, -0.1) is 11.3 Å². The van der Waals surface area contributed by atoms with Crippen LogP contribution in [0.15, 0.2) is 54.6 Å². The van der Waals surface area contributed by atoms with E-state index in [1.807, 2.05) is 11.3 Å². The maximum Gasteiger partial charge on any atom is 0.0440 e. The molecule has 0 saturated carbocycles. The Balaban J connectivity index is 2.27. The zero-order chi connectivity index (χ0) is 13.3. The Kier molecular flexibility index (Phi) is 1.86. The molecule has 0 unspecified atom stereocenters. The summed E-state index contributed by atoms with van der Waals surface area (Å²) in [5.74, 6) is 0. The summed E-state index contributed by atoms with van der Waals surface area (Å²) in [6, 6.07) is 20.1. The number of thiophene rings is 1. The Hall–Kier alpha value is -2.12. The molecule has 0 amide bonds. The van der Waals surface area contributed by atoms with E-state index in [2.05, 4.69) is 61.5 Å². The molecule has 5 aromatic rings. The fourth-order valence-corrected chi connectivity index (χ4v) is 4.72. The van der Waals surface area contributed by atoms with Crippen molar-refractivity contribution in [1.82, 2.24) is 0 Å². The molecule has 1 heterocycles. The van der Waals surface area contributed by atoms with Crippen molar-refractivity contribution in [3.63, 3.8) is 0 Å². The van der Waals surface area contributed by atoms with Crippen LogP contribution in [0, 0.1) is 6.92 Å². The summed E-state index contributed by atoms with van der Waals surface area (Å²) in [6.07, 6.45) is 0. The van der Waals surface area contributed by atoms with E-state index in [1.54, 1.807) is 0 Å². The zero-order valence-electron chi connectivity index (χ0n) is 11.1. The van der Waals surface area contributed by atoms with Gasteiger partial charge in [0, 0.05) is 20.2 Å². The minimum Gasteiger partial charge on any atom is -0.134 e. The summed E-state index contributed by atoms with van der Waals surface area (Å²) in [4.78, 5) is 0. The van der Waals surface area contributed by atoms with Gasteiger partial charge in [0.25, 0.3) is 0 Å². The molecule has 0 nitrogen and oxygen atoms in total. The molecular weight excluding hydrogens is 260 g/mol. The molecule has 0 aliphatic rings. The highest BCUT2D eigenvalue weighted by Crippen LogP contribution is 2.44. The molecule has 1 heteroatoms. The molecular formula is C19H12S. The number of hydrogen-bond donors (Lipinski definition) is 0. The zero-order valence-corrected chi connectivity index (χ0v) is 11.9. The molecule has 0 aliphatic heterocycles. The molecule has 0 saturated heterocycles. The Morgan fingerprint density at radius 2 is 1.60 bits per heavy atom. The summed E-state index contributed by atoms with van der Waals surface area (Å²) in [5, 5.41) is 8.40. The Labute approximate surface area is 120 Å². The van der Waals surface area contributed by atoms with Crippen molar-refractivity contribution in [2.75, 3.05) is 0 Å². The number of fused-ring (bicyclic) bond motifs is 2. The monoisotopic (exact) mass is 272 g/mol. The van der Waals surface area contributed by atoms with Crippen molar-refractivity contribution in [3.8, 4) is 0 Å². The second kappa shape index (κ2) is 3.50. The average molecular weight is 272 g/mol. The smallest absolute Gasteiger partial charge is 0.0440 e. The van der Waals surface area contributed by atoms with Crippen LogP contribution in [0.4, 0.5) is 0 Å². The van der Waals surface area contributed by atoms with Crippen molar-refractivity contribution < 1.29 is 0 Å². The summed E-state index contributed by atoms with van der Waals surface area (Å²) in [6.45, 7) is 2.23. The molecule has 0 N–H and O–H groups in total. The molecule has 0 radical (unpaired) electrons. The molecule has 0 fully saturated rings. The summed E-state index contributed by atoms with van der Waals surface area (Å²) >= 11 is 1.93. The van der Waals surface area contributed by atoms with Crippen LogP contribution in [0.2, 0.25) is 0 Å². The van der Waals surface area contributed by atoms with Gasteiger partial charge in [-0.05, 0) is 46.2 Å². The van der Waals surface area contributed by atoms with Gasteiger partial charge in [-0.3, -0.25) is 0 Å². The van der Waals surface area contributed by atoms with Gasteiger partial charge in [0.1, 0.15) is 0 Å². The van der Waals surface area contributed by atoms with Gasteiger partial charge >= 0.3 is 0 Å². The Morgan fingerprint density at radius 1 is 0.750 bits per heavy atom. The minimum atomic E-state index is 1.35. The van der Waals surface area contributed by atoms with E-state index in [0.717, 1.165) is 0 Å². The van der Waals surface area contributed by atoms with Crippen molar-refractivity contribution >= 4 is 53.1 Å². The number of rotatable bonds is 0. The lowest BCUT2D eigenvalue weighted by molar-refractivity contribution is 1.57. The molecule has 5 rings (SSSR count). The molecule has 4 aromatic carbocycles. The summed E-state index contributed by atoms with van der Waals surface area (Å²) in [7, 11) is 0. The molecule has 94 valence electrons. The van der Waals surface area contributed by atoms with Crippen LogP contribution in [-0.4, -0.2) is 0 Å². The normalized spacial score (nSPS) is 12.2. The lowest BCUT2D eigenvalue weighted by Gasteiger charge is -2.08. The fraction of sp³-hybridized carbons (Fsp3) is 0.0526. The number of aryl methyl sites for hydroxylation is 1. The lowest BCUT2D eigenvalue weighted by atomic mass is 9.95. The van der Waals surface area contributed by atoms with Gasteiger partial charge in [0.15, 0.2) is 0 Å². The third kappa shape index (κ3) is 1.17. The summed E-state index contributed by atoms with van der Waals surface area (Å²) < 4.78 is 2.84. The van der Waals surface area contributed by atoms with Crippen LogP contribution >= 0.6 is 11.3 Å². The number of hydrogen-bond acceptors (Lipinski definition) is 1. The van der Waals surface area contributed by atoms with Crippen LogP contribution in [0.1, 0.15) is 5.56 Å². The van der Waals surface area contributed by atoms with Crippen molar-refractivity contribution in [3.05, 3.63) is 60.2 Å². The standard InChI is InChI=1S/C19H12S/c1-11-9-13-6-4-8-16-17(13)18-15(11)10-12-5-2-3-7-14(12)19(18)20-16/h2-10H,1H3. The average Bonchev–Trinajstić information content (AvgIpc) is 2.86. The van der Waals surface area contributed by atoms with E-state index in [9.17, 15) is 0 Å². The SMILES string of the molecule is Cc1cc2cccc3sc4c5ccccc5cc1c4c23. The van der Waals surface area contributed by atoms with E-state index in [1.165, 1.54) is 47.3 Å². The minimum absolute atomic E-state index is 1.35. The highest BCUT2D eigenvalue weighted by Gasteiger charge is 2.15. The van der Waals surface area contributed by atoms with Gasteiger partial charge in [-0.25, -0.2) is 0 Å². The van der Waals surface area contributed by atoms with Crippen LogP contribution in [0.3, 0.4) is 0 Å². The topological polar surface area (TPSA) is 0 Å². The van der Waals surface area contributed by atoms with E-state index in [4.69, 9.17) is 0 Å². The van der Waals surface area contributed by atoms with Crippen molar-refractivity contribution in [2.45, 2.75) is 6.92 Å². The largest absolute Gasteiger partial charge is 0.134 e. The van der Waals surface area contributed by atoms with Crippen LogP contribution in [0.25, 0.3) is 41.7 Å². The maximum absolute atomic E-state index is 2.35. The highest BCUT2D eigenvalue weighted by molar-refractivity contribution is 7.27. The quantitative estimate of drug-likeness (QED) is 0.236. The maximum atomic E-state index is 2.35. The molecule has 0 aliphatic carbocycles. The second-order valence-electron chi connectivity index (χ2n) is 5.50. The van der Waals surface area contributed by atoms with Gasteiger partial charge < -0.3 is 0 Å². The van der Waals surface area contributed by atoms with Crippen molar-refractivity contribution in [1.29, 1.82) is 0 Å². The van der Waals surface area contributed by atoms with E-state index in [-0.39, 0.29) is 0 Å². The highest BCUT2D eigenvalue weighted by atomic mass is 32.1. The van der Waals surface area contributed by atoms with E-state index in [0.29, 0.717) is 0 Å². The van der Waals surface area contributed by atoms with Crippen LogP contribution < -0.4 is 0 Å². The third-order valence-corrected chi connectivity index (χ3v) is 5.51. The van der Waals surface area contributed by atoms with E-state index < -0.39 is 0 Å². The molecule has 0 bridgehead atoms. The van der Waals surface area contributed by atoms with Gasteiger partial charge in [-0.2, -0.15) is 0 Å². The lowest BCUT2D eigenvalue weighted by Crippen LogP contribution is -1.82. The summed E-state index contributed by atoms with van der Waals surface area (Å²) in [5.41, 5.74) is 1.37. The molecule has 1 aromatic heterocycles. The molecule has 0 atom stereocenters. The predicted molar refractivity (Wildman–Crippen MR) is 90.3 cm³/mol. The van der Waals surface area contributed by atoms with Gasteiger partial charge in [-0.1, -0.05) is 42.5 Å². The Bertz CT molecular complexity index is 1100. The van der Waals surface area contributed by atoms with E-state index >= 15 is 0 Å².